The normalized spacial score (nSPS) is 14.4. The number of nitrogens with zero attached hydrogens (tertiary/aromatic N) is 1. The number of aliphatic imine (C=N–C) groups is 1. The molecule has 0 unspecified atom stereocenters. The van der Waals surface area contributed by atoms with E-state index < -0.39 is 0 Å². The summed E-state index contributed by atoms with van der Waals surface area (Å²) in [5.74, 6) is 0. The van der Waals surface area contributed by atoms with Gasteiger partial charge >= 0.3 is 0 Å². The SMILES string of the molecule is CC(C)(C)c1cc2c(cc1CO)CC=N2. The molecule has 0 saturated heterocycles. The molecular weight excluding hydrogens is 186 g/mol. The van der Waals surface area contributed by atoms with Gasteiger partial charge in [-0.3, -0.25) is 4.99 Å². The van der Waals surface area contributed by atoms with Crippen molar-refractivity contribution in [2.75, 3.05) is 0 Å². The first-order chi connectivity index (χ1) is 7.02. The Morgan fingerprint density at radius 1 is 1.33 bits per heavy atom. The maximum Gasteiger partial charge on any atom is 0.0684 e. The number of rotatable bonds is 1. The molecule has 2 heteroatoms. The van der Waals surface area contributed by atoms with Gasteiger partial charge in [-0.05, 0) is 28.2 Å². The first kappa shape index (κ1) is 10.4. The van der Waals surface area contributed by atoms with Gasteiger partial charge in [-0.15, -0.1) is 0 Å². The largest absolute Gasteiger partial charge is 0.392 e. The molecule has 2 nitrogen and oxygen atoms in total. The van der Waals surface area contributed by atoms with Crippen molar-refractivity contribution in [2.45, 2.75) is 39.2 Å². The van der Waals surface area contributed by atoms with Crippen LogP contribution in [0.3, 0.4) is 0 Å². The second-order valence-corrected chi connectivity index (χ2v) is 5.06. The molecule has 0 saturated carbocycles. The van der Waals surface area contributed by atoms with Crippen LogP contribution in [0, 0.1) is 0 Å². The lowest BCUT2D eigenvalue weighted by Gasteiger charge is -2.23. The molecule has 1 N–H and O–H groups in total. The van der Waals surface area contributed by atoms with E-state index in [1.807, 2.05) is 6.21 Å². The number of hydrogen-bond donors (Lipinski definition) is 1. The fraction of sp³-hybridized carbons (Fsp3) is 0.462. The van der Waals surface area contributed by atoms with E-state index in [1.54, 1.807) is 0 Å². The Morgan fingerprint density at radius 3 is 2.67 bits per heavy atom. The highest BCUT2D eigenvalue weighted by Gasteiger charge is 2.20. The molecule has 0 radical (unpaired) electrons. The second-order valence-electron chi connectivity index (χ2n) is 5.06. The lowest BCUT2D eigenvalue weighted by Crippen LogP contribution is -2.14. The van der Waals surface area contributed by atoms with E-state index in [4.69, 9.17) is 0 Å². The van der Waals surface area contributed by atoms with Gasteiger partial charge in [0, 0.05) is 12.6 Å². The van der Waals surface area contributed by atoms with Crippen molar-refractivity contribution in [1.29, 1.82) is 0 Å². The van der Waals surface area contributed by atoms with Crippen molar-refractivity contribution in [3.05, 3.63) is 28.8 Å². The minimum atomic E-state index is 0.0607. The first-order valence-corrected chi connectivity index (χ1v) is 5.32. The predicted molar refractivity (Wildman–Crippen MR) is 62.9 cm³/mol. The van der Waals surface area contributed by atoms with Crippen LogP contribution in [0.15, 0.2) is 17.1 Å². The summed E-state index contributed by atoms with van der Waals surface area (Å²) in [5, 5.41) is 9.37. The van der Waals surface area contributed by atoms with Crippen molar-refractivity contribution in [3.8, 4) is 0 Å². The smallest absolute Gasteiger partial charge is 0.0684 e. The average Bonchev–Trinajstić information content (AvgIpc) is 2.60. The van der Waals surface area contributed by atoms with E-state index in [-0.39, 0.29) is 12.0 Å². The summed E-state index contributed by atoms with van der Waals surface area (Å²) < 4.78 is 0. The highest BCUT2D eigenvalue weighted by atomic mass is 16.3. The standard InChI is InChI=1S/C13H17NO/c1-13(2,3)11-7-12-9(4-5-14-12)6-10(11)8-15/h5-7,15H,4,8H2,1-3H3. The van der Waals surface area contributed by atoms with Crippen molar-refractivity contribution < 1.29 is 5.11 Å². The Bertz CT molecular complexity index is 413. The Labute approximate surface area is 90.7 Å². The molecule has 0 aliphatic carbocycles. The Morgan fingerprint density at radius 2 is 2.07 bits per heavy atom. The van der Waals surface area contributed by atoms with Gasteiger partial charge in [0.1, 0.15) is 0 Å². The van der Waals surface area contributed by atoms with E-state index in [9.17, 15) is 5.11 Å². The molecule has 0 bridgehead atoms. The van der Waals surface area contributed by atoms with Crippen LogP contribution in [0.4, 0.5) is 5.69 Å². The molecule has 1 aromatic rings. The fourth-order valence-corrected chi connectivity index (χ4v) is 2.04. The van der Waals surface area contributed by atoms with Gasteiger partial charge in [-0.2, -0.15) is 0 Å². The molecule has 80 valence electrons. The summed E-state index contributed by atoms with van der Waals surface area (Å²) in [7, 11) is 0. The fourth-order valence-electron chi connectivity index (χ4n) is 2.04. The van der Waals surface area contributed by atoms with Crippen LogP contribution in [-0.4, -0.2) is 11.3 Å². The van der Waals surface area contributed by atoms with Gasteiger partial charge in [0.05, 0.1) is 12.3 Å². The van der Waals surface area contributed by atoms with Crippen LogP contribution in [0.5, 0.6) is 0 Å². The number of hydrogen-bond acceptors (Lipinski definition) is 2. The molecule has 1 heterocycles. The third-order valence-electron chi connectivity index (χ3n) is 2.82. The Kier molecular flexibility index (Phi) is 2.39. The maximum atomic E-state index is 9.37. The molecule has 0 atom stereocenters. The quantitative estimate of drug-likeness (QED) is 0.748. The van der Waals surface area contributed by atoms with Crippen LogP contribution in [-0.2, 0) is 18.4 Å². The van der Waals surface area contributed by atoms with Gasteiger partial charge in [-0.1, -0.05) is 26.8 Å². The first-order valence-electron chi connectivity index (χ1n) is 5.32. The van der Waals surface area contributed by atoms with Crippen LogP contribution >= 0.6 is 0 Å². The van der Waals surface area contributed by atoms with Crippen molar-refractivity contribution in [1.82, 2.24) is 0 Å². The molecule has 1 aromatic carbocycles. The molecule has 0 fully saturated rings. The number of aliphatic hydroxyl groups excluding tert-OH is 1. The van der Waals surface area contributed by atoms with Crippen LogP contribution < -0.4 is 0 Å². The van der Waals surface area contributed by atoms with Gasteiger partial charge in [0.2, 0.25) is 0 Å². The van der Waals surface area contributed by atoms with Crippen LogP contribution in [0.2, 0.25) is 0 Å². The van der Waals surface area contributed by atoms with Crippen LogP contribution in [0.1, 0.15) is 37.5 Å². The second kappa shape index (κ2) is 3.46. The highest BCUT2D eigenvalue weighted by Crippen LogP contribution is 2.34. The number of fused-ring (bicyclic) bond motifs is 1. The zero-order valence-corrected chi connectivity index (χ0v) is 9.54. The molecule has 0 aromatic heterocycles. The minimum Gasteiger partial charge on any atom is -0.392 e. The monoisotopic (exact) mass is 203 g/mol. The van der Waals surface area contributed by atoms with Gasteiger partial charge < -0.3 is 5.11 Å². The topological polar surface area (TPSA) is 32.6 Å². The molecule has 1 aliphatic heterocycles. The predicted octanol–water partition coefficient (Wildman–Crippen LogP) is 2.73. The highest BCUT2D eigenvalue weighted by molar-refractivity contribution is 5.76. The van der Waals surface area contributed by atoms with E-state index in [0.29, 0.717) is 0 Å². The number of aliphatic hydroxyl groups is 1. The van der Waals surface area contributed by atoms with Crippen molar-refractivity contribution in [3.63, 3.8) is 0 Å². The summed E-state index contributed by atoms with van der Waals surface area (Å²) in [5.41, 5.74) is 4.59. The lowest BCUT2D eigenvalue weighted by molar-refractivity contribution is 0.278. The maximum absolute atomic E-state index is 9.37. The Hall–Kier alpha value is -1.15. The zero-order valence-electron chi connectivity index (χ0n) is 9.54. The van der Waals surface area contributed by atoms with Gasteiger partial charge in [0.15, 0.2) is 0 Å². The Balaban J connectivity index is 2.58. The summed E-state index contributed by atoms with van der Waals surface area (Å²) in [4.78, 5) is 4.34. The number of benzene rings is 1. The van der Waals surface area contributed by atoms with Gasteiger partial charge in [0.25, 0.3) is 0 Å². The summed E-state index contributed by atoms with van der Waals surface area (Å²) in [6.45, 7) is 6.59. The van der Waals surface area contributed by atoms with E-state index >= 15 is 0 Å². The van der Waals surface area contributed by atoms with Crippen molar-refractivity contribution >= 4 is 11.9 Å². The minimum absolute atomic E-state index is 0.0607. The third kappa shape index (κ3) is 1.82. The van der Waals surface area contributed by atoms with Crippen molar-refractivity contribution in [2.24, 2.45) is 4.99 Å². The molecule has 2 rings (SSSR count). The molecule has 1 aliphatic rings. The molecular formula is C13H17NO. The van der Waals surface area contributed by atoms with E-state index in [2.05, 4.69) is 37.9 Å². The third-order valence-corrected chi connectivity index (χ3v) is 2.82. The molecule has 0 spiro atoms. The van der Waals surface area contributed by atoms with Crippen LogP contribution in [0.25, 0.3) is 0 Å². The zero-order chi connectivity index (χ0) is 11.1. The van der Waals surface area contributed by atoms with E-state index in [1.165, 1.54) is 11.1 Å². The molecule has 15 heavy (non-hydrogen) atoms. The summed E-state index contributed by atoms with van der Waals surface area (Å²) >= 11 is 0. The van der Waals surface area contributed by atoms with Gasteiger partial charge in [-0.25, -0.2) is 0 Å². The average molecular weight is 203 g/mol. The molecule has 0 amide bonds. The summed E-state index contributed by atoms with van der Waals surface area (Å²) in [6.07, 6.45) is 2.82. The lowest BCUT2D eigenvalue weighted by atomic mass is 9.82. The van der Waals surface area contributed by atoms with E-state index in [0.717, 1.165) is 17.7 Å². The summed E-state index contributed by atoms with van der Waals surface area (Å²) in [6, 6.07) is 4.20.